The van der Waals surface area contributed by atoms with Crippen LogP contribution in [0.2, 0.25) is 0 Å². The lowest BCUT2D eigenvalue weighted by Crippen LogP contribution is -2.08. The van der Waals surface area contributed by atoms with Gasteiger partial charge in [0, 0.05) is 6.54 Å². The van der Waals surface area contributed by atoms with E-state index in [4.69, 9.17) is 5.73 Å². The highest BCUT2D eigenvalue weighted by atomic mass is 15.4. The summed E-state index contributed by atoms with van der Waals surface area (Å²) in [6, 6.07) is 0. The minimum absolute atomic E-state index is 0.609. The first-order chi connectivity index (χ1) is 6.65. The van der Waals surface area contributed by atoms with E-state index < -0.39 is 0 Å². The molecule has 0 unspecified atom stereocenters. The molecule has 0 amide bonds. The van der Waals surface area contributed by atoms with Crippen LogP contribution in [0.3, 0.4) is 0 Å². The lowest BCUT2D eigenvalue weighted by molar-refractivity contribution is 0.464. The first kappa shape index (κ1) is 11.2. The van der Waals surface area contributed by atoms with Crippen molar-refractivity contribution in [1.29, 1.82) is 0 Å². The van der Waals surface area contributed by atoms with Crippen molar-refractivity contribution in [3.05, 3.63) is 11.4 Å². The summed E-state index contributed by atoms with van der Waals surface area (Å²) < 4.78 is 1.98. The van der Waals surface area contributed by atoms with E-state index in [2.05, 4.69) is 31.1 Å². The van der Waals surface area contributed by atoms with E-state index in [9.17, 15) is 0 Å². The van der Waals surface area contributed by atoms with Crippen LogP contribution in [0.4, 0.5) is 0 Å². The lowest BCUT2D eigenvalue weighted by atomic mass is 10.2. The number of aryl methyl sites for hydroxylation is 1. The molecule has 1 heterocycles. The summed E-state index contributed by atoms with van der Waals surface area (Å²) in [6.45, 7) is 8.10. The van der Waals surface area contributed by atoms with Gasteiger partial charge in [-0.3, -0.25) is 0 Å². The fraction of sp³-hybridized carbons (Fsp3) is 0.800. The Morgan fingerprint density at radius 3 is 2.71 bits per heavy atom. The van der Waals surface area contributed by atoms with Gasteiger partial charge in [-0.15, -0.1) is 5.10 Å². The van der Waals surface area contributed by atoms with Crippen LogP contribution in [0.15, 0.2) is 0 Å². The Morgan fingerprint density at radius 1 is 1.43 bits per heavy atom. The monoisotopic (exact) mass is 196 g/mol. The molecule has 0 aliphatic carbocycles. The van der Waals surface area contributed by atoms with Crippen LogP contribution < -0.4 is 5.73 Å². The molecule has 0 atom stereocenters. The summed E-state index contributed by atoms with van der Waals surface area (Å²) >= 11 is 0. The first-order valence-electron chi connectivity index (χ1n) is 5.24. The molecule has 0 aromatic carbocycles. The maximum Gasteiger partial charge on any atom is 0.0856 e. The molecule has 0 saturated heterocycles. The van der Waals surface area contributed by atoms with E-state index >= 15 is 0 Å². The highest BCUT2D eigenvalue weighted by Crippen LogP contribution is 2.08. The van der Waals surface area contributed by atoms with Crippen molar-refractivity contribution in [2.24, 2.45) is 11.7 Å². The zero-order valence-corrected chi connectivity index (χ0v) is 9.32. The molecule has 1 aromatic rings. The van der Waals surface area contributed by atoms with E-state index in [0.717, 1.165) is 31.6 Å². The maximum absolute atomic E-state index is 5.46. The lowest BCUT2D eigenvalue weighted by Gasteiger charge is -2.06. The SMILES string of the molecule is Cc1c(CCCN)nnn1CC(C)C. The summed E-state index contributed by atoms with van der Waals surface area (Å²) in [5.74, 6) is 0.609. The molecule has 0 saturated carbocycles. The fourth-order valence-electron chi connectivity index (χ4n) is 1.42. The fourth-order valence-corrected chi connectivity index (χ4v) is 1.42. The third kappa shape index (κ3) is 2.80. The molecule has 0 fully saturated rings. The Labute approximate surface area is 85.5 Å². The van der Waals surface area contributed by atoms with Crippen molar-refractivity contribution >= 4 is 0 Å². The van der Waals surface area contributed by atoms with E-state index in [1.807, 2.05) is 4.68 Å². The standard InChI is InChI=1S/C10H20N4/c1-8(2)7-14-9(3)10(12-13-14)5-4-6-11/h8H,4-7,11H2,1-3H3. The number of nitrogens with zero attached hydrogens (tertiary/aromatic N) is 3. The molecule has 0 bridgehead atoms. The van der Waals surface area contributed by atoms with Gasteiger partial charge >= 0.3 is 0 Å². The van der Waals surface area contributed by atoms with Gasteiger partial charge in [0.25, 0.3) is 0 Å². The van der Waals surface area contributed by atoms with Crippen LogP contribution >= 0.6 is 0 Å². The van der Waals surface area contributed by atoms with Crippen molar-refractivity contribution in [1.82, 2.24) is 15.0 Å². The third-order valence-corrected chi connectivity index (χ3v) is 2.23. The van der Waals surface area contributed by atoms with Gasteiger partial charge in [0.1, 0.15) is 0 Å². The van der Waals surface area contributed by atoms with E-state index in [1.54, 1.807) is 0 Å². The highest BCUT2D eigenvalue weighted by molar-refractivity contribution is 5.07. The van der Waals surface area contributed by atoms with Crippen LogP contribution in [-0.2, 0) is 13.0 Å². The topological polar surface area (TPSA) is 56.7 Å². The quantitative estimate of drug-likeness (QED) is 0.768. The Balaban J connectivity index is 2.65. The largest absolute Gasteiger partial charge is 0.330 e. The minimum atomic E-state index is 0.609. The summed E-state index contributed by atoms with van der Waals surface area (Å²) in [7, 11) is 0. The predicted molar refractivity (Wildman–Crippen MR) is 57.0 cm³/mol. The average molecular weight is 196 g/mol. The van der Waals surface area contributed by atoms with Gasteiger partial charge in [-0.2, -0.15) is 0 Å². The zero-order valence-electron chi connectivity index (χ0n) is 9.32. The number of aromatic nitrogens is 3. The second kappa shape index (κ2) is 5.10. The third-order valence-electron chi connectivity index (χ3n) is 2.23. The van der Waals surface area contributed by atoms with Gasteiger partial charge in [0.15, 0.2) is 0 Å². The van der Waals surface area contributed by atoms with Crippen LogP contribution in [0.1, 0.15) is 31.7 Å². The van der Waals surface area contributed by atoms with Crippen LogP contribution in [0.5, 0.6) is 0 Å². The van der Waals surface area contributed by atoms with Crippen molar-refractivity contribution in [2.45, 2.75) is 40.2 Å². The molecule has 0 aliphatic heterocycles. The summed E-state index contributed by atoms with van der Waals surface area (Å²) in [5, 5.41) is 8.30. The summed E-state index contributed by atoms with van der Waals surface area (Å²) in [6.07, 6.45) is 1.93. The van der Waals surface area contributed by atoms with Crippen molar-refractivity contribution < 1.29 is 0 Å². The van der Waals surface area contributed by atoms with Gasteiger partial charge in [0.2, 0.25) is 0 Å². The number of nitrogens with two attached hydrogens (primary N) is 1. The Kier molecular flexibility index (Phi) is 4.07. The average Bonchev–Trinajstić information content (AvgIpc) is 2.45. The van der Waals surface area contributed by atoms with Crippen LogP contribution in [-0.4, -0.2) is 21.5 Å². The van der Waals surface area contributed by atoms with Gasteiger partial charge in [-0.1, -0.05) is 19.1 Å². The van der Waals surface area contributed by atoms with Crippen LogP contribution in [0.25, 0.3) is 0 Å². The molecule has 0 aliphatic rings. The first-order valence-corrected chi connectivity index (χ1v) is 5.24. The smallest absolute Gasteiger partial charge is 0.0856 e. The minimum Gasteiger partial charge on any atom is -0.330 e. The normalized spacial score (nSPS) is 11.2. The van der Waals surface area contributed by atoms with Gasteiger partial charge in [-0.25, -0.2) is 4.68 Å². The zero-order chi connectivity index (χ0) is 10.6. The molecule has 1 aromatic heterocycles. The van der Waals surface area contributed by atoms with E-state index in [1.165, 1.54) is 5.69 Å². The predicted octanol–water partition coefficient (Wildman–Crippen LogP) is 1.13. The molecule has 2 N–H and O–H groups in total. The molecular weight excluding hydrogens is 176 g/mol. The highest BCUT2D eigenvalue weighted by Gasteiger charge is 2.08. The second-order valence-electron chi connectivity index (χ2n) is 4.09. The molecule has 80 valence electrons. The Hall–Kier alpha value is -0.900. The van der Waals surface area contributed by atoms with Crippen molar-refractivity contribution in [2.75, 3.05) is 6.54 Å². The number of hydrogen-bond donors (Lipinski definition) is 1. The molecule has 14 heavy (non-hydrogen) atoms. The van der Waals surface area contributed by atoms with E-state index in [-0.39, 0.29) is 0 Å². The number of hydrogen-bond acceptors (Lipinski definition) is 3. The molecule has 4 heteroatoms. The molecule has 4 nitrogen and oxygen atoms in total. The van der Waals surface area contributed by atoms with Gasteiger partial charge in [-0.05, 0) is 32.2 Å². The molecule has 0 spiro atoms. The van der Waals surface area contributed by atoms with E-state index in [0.29, 0.717) is 5.92 Å². The molecule has 0 radical (unpaired) electrons. The van der Waals surface area contributed by atoms with Gasteiger partial charge in [0.05, 0.1) is 11.4 Å². The van der Waals surface area contributed by atoms with Crippen molar-refractivity contribution in [3.63, 3.8) is 0 Å². The molecule has 1 rings (SSSR count). The number of rotatable bonds is 5. The van der Waals surface area contributed by atoms with Gasteiger partial charge < -0.3 is 5.73 Å². The van der Waals surface area contributed by atoms with Crippen LogP contribution in [0, 0.1) is 12.8 Å². The summed E-state index contributed by atoms with van der Waals surface area (Å²) in [4.78, 5) is 0. The summed E-state index contributed by atoms with van der Waals surface area (Å²) in [5.41, 5.74) is 7.74. The molecular formula is C10H20N4. The Bertz CT molecular complexity index is 278. The van der Waals surface area contributed by atoms with Crippen molar-refractivity contribution in [3.8, 4) is 0 Å². The second-order valence-corrected chi connectivity index (χ2v) is 4.09. The Morgan fingerprint density at radius 2 is 2.14 bits per heavy atom. The maximum atomic E-state index is 5.46.